The number of pyridine rings is 2. The van der Waals surface area contributed by atoms with Crippen LogP contribution in [0.3, 0.4) is 0 Å². The van der Waals surface area contributed by atoms with Crippen LogP contribution in [0.15, 0.2) is 144 Å². The molecule has 62 heavy (non-hydrogen) atoms. The van der Waals surface area contributed by atoms with Crippen LogP contribution in [0.4, 0.5) is 4.79 Å². The zero-order valence-electron chi connectivity index (χ0n) is 33.4. The first kappa shape index (κ1) is 53.7. The summed E-state index contributed by atoms with van der Waals surface area (Å²) in [5.41, 5.74) is 3.13. The number of rotatable bonds is 11. The van der Waals surface area contributed by atoms with E-state index in [1.807, 2.05) is 80.0 Å². The van der Waals surface area contributed by atoms with Crippen molar-refractivity contribution in [2.75, 3.05) is 14.2 Å². The first-order valence-electron chi connectivity index (χ1n) is 17.6. The Kier molecular flexibility index (Phi) is 21.7. The van der Waals surface area contributed by atoms with Gasteiger partial charge in [0.15, 0.2) is 11.5 Å². The summed E-state index contributed by atoms with van der Waals surface area (Å²) in [5.74, 6) is 2.61. The standard InChI is InChI=1S/C23H25N3O5S.C18H16N2O4S.CHI2.CH4.V/c1-23(2,3)25-22(27)26-32(28,29)21-15-24-13-12-20(21)31-19-7-5-6-17(14-19)16-8-10-18(30-4)11-9-16;1-23-15-7-5-13(6-8-15)14-3-2-4-16(11-14)24-17-9-10-20-12-18(17)25(19,21)22;2-1-3;;/h5-15H,1-4H3,(H2,25,26,27);2-12H,1H3,(H2,19,21,22);1H;1H4;/q;;-1;;. The van der Waals surface area contributed by atoms with E-state index >= 15 is 0 Å². The van der Waals surface area contributed by atoms with Crippen LogP contribution in [-0.2, 0) is 38.6 Å². The molecule has 0 aliphatic carbocycles. The van der Waals surface area contributed by atoms with Gasteiger partial charge in [-0.25, -0.2) is 33.9 Å². The summed E-state index contributed by atoms with van der Waals surface area (Å²) >= 11 is 4.30. The molecule has 329 valence electrons. The number of nitrogens with zero attached hydrogens (tertiary/aromatic N) is 2. The Hall–Kier alpha value is -4.45. The average molecular weight is 1150 g/mol. The number of aromatic nitrogens is 2. The molecule has 2 aromatic heterocycles. The van der Waals surface area contributed by atoms with Gasteiger partial charge in [-0.15, -0.1) is 0 Å². The molecule has 0 unspecified atom stereocenters. The first-order valence-corrected chi connectivity index (χ1v) is 23.1. The van der Waals surface area contributed by atoms with Crippen LogP contribution >= 0.6 is 45.2 Å². The van der Waals surface area contributed by atoms with Gasteiger partial charge in [-0.05, 0) is 91.6 Å². The van der Waals surface area contributed by atoms with Gasteiger partial charge in [0.2, 0.25) is 10.0 Å². The van der Waals surface area contributed by atoms with Crippen LogP contribution in [0.25, 0.3) is 22.3 Å². The number of carbonyl (C=O) groups is 1. The molecule has 6 rings (SSSR count). The van der Waals surface area contributed by atoms with Crippen molar-refractivity contribution in [1.82, 2.24) is 20.0 Å². The molecule has 0 saturated heterocycles. The van der Waals surface area contributed by atoms with Gasteiger partial charge >= 0.3 is 6.03 Å². The van der Waals surface area contributed by atoms with Gasteiger partial charge in [-0.1, -0.05) is 56.0 Å². The minimum atomic E-state index is -4.22. The normalized spacial score (nSPS) is 10.7. The Labute approximate surface area is 403 Å². The molecule has 1 radical (unpaired) electrons. The van der Waals surface area contributed by atoms with E-state index in [1.165, 1.54) is 24.5 Å². The number of carbonyl (C=O) groups excluding carboxylic acids is 1. The summed E-state index contributed by atoms with van der Waals surface area (Å²) in [6.07, 6.45) is 5.15. The fourth-order valence-electron chi connectivity index (χ4n) is 5.16. The Balaban J connectivity index is 0.000000398. The van der Waals surface area contributed by atoms with Crippen molar-refractivity contribution < 1.29 is 59.1 Å². The number of ether oxygens (including phenoxy) is 4. The average Bonchev–Trinajstić information content (AvgIpc) is 3.21. The molecule has 19 heteroatoms. The molecule has 2 amide bonds. The summed E-state index contributed by atoms with van der Waals surface area (Å²) in [6.45, 7) is 5.23. The molecule has 6 aromatic rings. The molecule has 0 saturated carbocycles. The predicted octanol–water partition coefficient (Wildman–Crippen LogP) is 10.1. The second kappa shape index (κ2) is 25.0. The van der Waals surface area contributed by atoms with E-state index in [2.05, 4.69) is 60.5 Å². The number of benzene rings is 4. The summed E-state index contributed by atoms with van der Waals surface area (Å²) in [4.78, 5) is 19.3. The second-order valence-corrected chi connectivity index (χ2v) is 20.1. The summed E-state index contributed by atoms with van der Waals surface area (Å²) < 4.78 is 74.7. The van der Waals surface area contributed by atoms with Crippen molar-refractivity contribution in [3.63, 3.8) is 0 Å². The Morgan fingerprint density at radius 3 is 1.44 bits per heavy atom. The Morgan fingerprint density at radius 2 is 1.05 bits per heavy atom. The molecule has 14 nitrogen and oxygen atoms in total. The molecule has 2 heterocycles. The molecule has 0 bridgehead atoms. The molecule has 4 aromatic carbocycles. The van der Waals surface area contributed by atoms with Crippen LogP contribution in [-0.4, -0.2) is 52.6 Å². The molecule has 0 fully saturated rings. The van der Waals surface area contributed by atoms with E-state index in [9.17, 15) is 21.6 Å². The van der Waals surface area contributed by atoms with Gasteiger partial charge in [0.25, 0.3) is 10.0 Å². The number of primary sulfonamides is 1. The minimum Gasteiger partial charge on any atom is -0.497 e. The van der Waals surface area contributed by atoms with Crippen LogP contribution < -0.4 is 34.1 Å². The fraction of sp³-hybridized carbons (Fsp3) is 0.163. The Bertz CT molecular complexity index is 2580. The summed E-state index contributed by atoms with van der Waals surface area (Å²) in [5, 5.41) is 7.75. The molecule has 4 N–H and O–H groups in total. The number of hydrogen-bond donors (Lipinski definition) is 3. The first-order chi connectivity index (χ1) is 28.5. The third kappa shape index (κ3) is 16.7. The maximum atomic E-state index is 12.8. The van der Waals surface area contributed by atoms with Crippen molar-refractivity contribution in [3.8, 4) is 56.8 Å². The third-order valence-corrected chi connectivity index (χ3v) is 10.0. The number of methoxy groups -OCH3 is 2. The number of nitrogens with two attached hydrogens (primary N) is 1. The topological polar surface area (TPSA) is 198 Å². The monoisotopic (exact) mass is 1150 g/mol. The van der Waals surface area contributed by atoms with E-state index in [4.69, 9.17) is 24.1 Å². The van der Waals surface area contributed by atoms with E-state index < -0.39 is 31.6 Å². The number of hydrogen-bond acceptors (Lipinski definition) is 11. The molecule has 0 atom stereocenters. The van der Waals surface area contributed by atoms with E-state index in [0.29, 0.717) is 11.5 Å². The molecular formula is C43H46I2N5O9S2V-. The molecule has 0 spiro atoms. The molecular weight excluding hydrogens is 1100 g/mol. The maximum absolute atomic E-state index is 12.8. The number of amides is 2. The van der Waals surface area contributed by atoms with Crippen molar-refractivity contribution >= 4 is 71.3 Å². The SMILES string of the molecule is C.COc1ccc(-c2cccc(Oc3ccncc3S(=O)(=O)NC(=O)NC(C)(C)C)c2)cc1.COc1ccc(-c2cccc(Oc3ccncc3S(N)(=O)=O)c2)cc1.I[CH-]I.[V]. The van der Waals surface area contributed by atoms with Crippen LogP contribution in [0, 0.1) is 2.43 Å². The van der Waals surface area contributed by atoms with Crippen LogP contribution in [0.5, 0.6) is 34.5 Å². The number of halogens is 2. The maximum Gasteiger partial charge on any atom is 0.329 e. The van der Waals surface area contributed by atoms with Crippen molar-refractivity contribution in [2.45, 2.75) is 43.5 Å². The van der Waals surface area contributed by atoms with E-state index in [1.54, 1.807) is 59.3 Å². The third-order valence-electron chi connectivity index (χ3n) is 7.78. The van der Waals surface area contributed by atoms with Crippen molar-refractivity contribution in [3.05, 3.63) is 136 Å². The number of nitrogens with one attached hydrogen (secondary N) is 2. The van der Waals surface area contributed by atoms with Gasteiger partial charge in [-0.2, -0.15) is 0 Å². The fourth-order valence-corrected chi connectivity index (χ4v) is 6.74. The second-order valence-electron chi connectivity index (χ2n) is 13.3. The smallest absolute Gasteiger partial charge is 0.329 e. The summed E-state index contributed by atoms with van der Waals surface area (Å²) in [7, 11) is -4.93. The molecule has 0 aliphatic rings. The van der Waals surface area contributed by atoms with Crippen molar-refractivity contribution in [1.29, 1.82) is 0 Å². The predicted molar refractivity (Wildman–Crippen MR) is 255 cm³/mol. The van der Waals surface area contributed by atoms with Gasteiger partial charge < -0.3 is 69.4 Å². The van der Waals surface area contributed by atoms with Crippen molar-refractivity contribution in [2.24, 2.45) is 5.14 Å². The number of sulfonamides is 2. The van der Waals surface area contributed by atoms with Gasteiger partial charge in [0.1, 0.15) is 32.8 Å². The number of urea groups is 1. The van der Waals surface area contributed by atoms with Gasteiger partial charge in [-0.3, -0.25) is 9.97 Å². The van der Waals surface area contributed by atoms with Gasteiger partial charge in [0.05, 0.1) is 26.6 Å². The van der Waals surface area contributed by atoms with E-state index in [0.717, 1.165) is 46.1 Å². The zero-order chi connectivity index (χ0) is 43.9. The summed E-state index contributed by atoms with van der Waals surface area (Å²) in [6, 6.07) is 31.7. The Morgan fingerprint density at radius 1 is 0.645 bits per heavy atom. The van der Waals surface area contributed by atoms with Crippen LogP contribution in [0.1, 0.15) is 28.2 Å². The largest absolute Gasteiger partial charge is 0.497 e. The quantitative estimate of drug-likeness (QED) is 0.0824. The van der Waals surface area contributed by atoms with Gasteiger partial charge in [0, 0.05) is 48.6 Å². The molecule has 0 aliphatic heterocycles. The minimum absolute atomic E-state index is 0. The van der Waals surface area contributed by atoms with E-state index in [-0.39, 0.29) is 47.3 Å². The zero-order valence-corrected chi connectivity index (χ0v) is 40.8. The van der Waals surface area contributed by atoms with Crippen LogP contribution in [0.2, 0.25) is 0 Å².